The molecule has 0 radical (unpaired) electrons. The summed E-state index contributed by atoms with van der Waals surface area (Å²) in [5.41, 5.74) is 0. The Hall–Kier alpha value is -1.34. The van der Waals surface area contributed by atoms with Crippen molar-refractivity contribution in [1.29, 1.82) is 0 Å². The molecule has 1 unspecified atom stereocenters. The molecule has 0 aromatic rings. The van der Waals surface area contributed by atoms with Crippen LogP contribution in [0.4, 0.5) is 4.79 Å². The lowest BCUT2D eigenvalue weighted by Crippen LogP contribution is -2.49. The van der Waals surface area contributed by atoms with Gasteiger partial charge in [0.05, 0.1) is 19.3 Å². The predicted octanol–water partition coefficient (Wildman–Crippen LogP) is -0.0920. The number of methoxy groups -OCH3 is 1. The highest BCUT2D eigenvalue weighted by Gasteiger charge is 2.21. The Morgan fingerprint density at radius 3 is 2.89 bits per heavy atom. The van der Waals surface area contributed by atoms with E-state index in [1.165, 1.54) is 12.0 Å². The second-order valence-corrected chi connectivity index (χ2v) is 4.17. The maximum atomic E-state index is 11.9. The van der Waals surface area contributed by atoms with Crippen molar-refractivity contribution in [2.75, 3.05) is 40.0 Å². The van der Waals surface area contributed by atoms with Gasteiger partial charge in [-0.1, -0.05) is 0 Å². The number of carbonyl (C=O) groups is 2. The average molecular weight is 260 g/mol. The number of urea groups is 1. The fourth-order valence-corrected chi connectivity index (χ4v) is 1.74. The van der Waals surface area contributed by atoms with E-state index in [1.807, 2.05) is 0 Å². The molecule has 1 heterocycles. The molecule has 1 fully saturated rings. The standard InChI is InChI=1S/C11H20N2O5/c1-17-6-4-13(7-10(14)15)11(16)12-9-3-2-5-18-8-9/h9H,2-8H2,1H3,(H,12,16)(H,14,15). The summed E-state index contributed by atoms with van der Waals surface area (Å²) in [5, 5.41) is 11.5. The molecule has 7 nitrogen and oxygen atoms in total. The number of ether oxygens (including phenoxy) is 2. The van der Waals surface area contributed by atoms with Crippen molar-refractivity contribution < 1.29 is 24.2 Å². The third-order valence-corrected chi connectivity index (χ3v) is 2.67. The third kappa shape index (κ3) is 5.33. The van der Waals surface area contributed by atoms with Gasteiger partial charge in [-0.15, -0.1) is 0 Å². The van der Waals surface area contributed by atoms with Crippen molar-refractivity contribution in [3.8, 4) is 0 Å². The highest BCUT2D eigenvalue weighted by atomic mass is 16.5. The number of aliphatic carboxylic acids is 1. The van der Waals surface area contributed by atoms with Gasteiger partial charge in [0.15, 0.2) is 0 Å². The molecule has 2 N–H and O–H groups in total. The first kappa shape index (κ1) is 14.7. The van der Waals surface area contributed by atoms with Gasteiger partial charge in [-0.3, -0.25) is 4.79 Å². The largest absolute Gasteiger partial charge is 0.480 e. The summed E-state index contributed by atoms with van der Waals surface area (Å²) in [5.74, 6) is -1.04. The molecule has 18 heavy (non-hydrogen) atoms. The maximum Gasteiger partial charge on any atom is 0.323 e. The summed E-state index contributed by atoms with van der Waals surface area (Å²) >= 11 is 0. The van der Waals surface area contributed by atoms with Gasteiger partial charge in [0, 0.05) is 20.3 Å². The molecule has 1 aliphatic rings. The van der Waals surface area contributed by atoms with Crippen LogP contribution >= 0.6 is 0 Å². The van der Waals surface area contributed by atoms with Crippen LogP contribution in [0.2, 0.25) is 0 Å². The van der Waals surface area contributed by atoms with Gasteiger partial charge >= 0.3 is 12.0 Å². The molecule has 0 saturated carbocycles. The molecule has 0 aliphatic carbocycles. The molecule has 0 spiro atoms. The lowest BCUT2D eigenvalue weighted by molar-refractivity contribution is -0.137. The first-order chi connectivity index (χ1) is 8.63. The molecular formula is C11H20N2O5. The van der Waals surface area contributed by atoms with Gasteiger partial charge in [0.1, 0.15) is 6.54 Å². The number of amides is 2. The predicted molar refractivity (Wildman–Crippen MR) is 63.5 cm³/mol. The molecule has 0 aromatic carbocycles. The zero-order chi connectivity index (χ0) is 13.4. The maximum absolute atomic E-state index is 11.9. The van der Waals surface area contributed by atoms with E-state index in [2.05, 4.69) is 5.32 Å². The van der Waals surface area contributed by atoms with E-state index in [1.54, 1.807) is 0 Å². The minimum Gasteiger partial charge on any atom is -0.480 e. The Bertz CT molecular complexity index is 279. The average Bonchev–Trinajstić information content (AvgIpc) is 2.35. The lowest BCUT2D eigenvalue weighted by Gasteiger charge is -2.27. The molecule has 0 aromatic heterocycles. The minimum atomic E-state index is -1.04. The number of hydrogen-bond donors (Lipinski definition) is 2. The first-order valence-electron chi connectivity index (χ1n) is 5.97. The van der Waals surface area contributed by atoms with Crippen molar-refractivity contribution in [3.05, 3.63) is 0 Å². The summed E-state index contributed by atoms with van der Waals surface area (Å²) in [6.07, 6.45) is 1.76. The van der Waals surface area contributed by atoms with Crippen LogP contribution in [0.3, 0.4) is 0 Å². The molecule has 1 rings (SSSR count). The molecule has 1 saturated heterocycles. The first-order valence-corrected chi connectivity index (χ1v) is 5.97. The van der Waals surface area contributed by atoms with Crippen molar-refractivity contribution in [3.63, 3.8) is 0 Å². The molecular weight excluding hydrogens is 240 g/mol. The smallest absolute Gasteiger partial charge is 0.323 e. The van der Waals surface area contributed by atoms with Gasteiger partial charge in [0.2, 0.25) is 0 Å². The Morgan fingerprint density at radius 1 is 1.56 bits per heavy atom. The molecule has 7 heteroatoms. The Labute approximate surface area is 106 Å². The van der Waals surface area contributed by atoms with Crippen LogP contribution in [0.15, 0.2) is 0 Å². The van der Waals surface area contributed by atoms with Crippen LogP contribution in [-0.2, 0) is 14.3 Å². The van der Waals surface area contributed by atoms with Crippen LogP contribution in [0.1, 0.15) is 12.8 Å². The fourth-order valence-electron chi connectivity index (χ4n) is 1.74. The second kappa shape index (κ2) is 7.88. The van der Waals surface area contributed by atoms with Crippen LogP contribution in [0.5, 0.6) is 0 Å². The van der Waals surface area contributed by atoms with E-state index in [-0.39, 0.29) is 25.2 Å². The van der Waals surface area contributed by atoms with Crippen molar-refractivity contribution >= 4 is 12.0 Å². The normalized spacial score (nSPS) is 19.3. The number of hydrogen-bond acceptors (Lipinski definition) is 4. The molecule has 1 atom stereocenters. The van der Waals surface area contributed by atoms with Crippen LogP contribution in [0.25, 0.3) is 0 Å². The zero-order valence-electron chi connectivity index (χ0n) is 10.6. The van der Waals surface area contributed by atoms with Gasteiger partial charge in [-0.05, 0) is 12.8 Å². The summed E-state index contributed by atoms with van der Waals surface area (Å²) in [6, 6.07) is -0.421. The highest BCUT2D eigenvalue weighted by Crippen LogP contribution is 2.06. The van der Waals surface area contributed by atoms with E-state index < -0.39 is 5.97 Å². The third-order valence-electron chi connectivity index (χ3n) is 2.67. The van der Waals surface area contributed by atoms with Gasteiger partial charge < -0.3 is 24.8 Å². The van der Waals surface area contributed by atoms with E-state index >= 15 is 0 Å². The van der Waals surface area contributed by atoms with Crippen LogP contribution in [-0.4, -0.2) is 68.1 Å². The molecule has 2 amide bonds. The summed E-state index contributed by atoms with van der Waals surface area (Å²) in [7, 11) is 1.51. The molecule has 0 bridgehead atoms. The summed E-state index contributed by atoms with van der Waals surface area (Å²) in [4.78, 5) is 23.8. The number of carbonyl (C=O) groups excluding carboxylic acids is 1. The van der Waals surface area contributed by atoms with Crippen molar-refractivity contribution in [2.45, 2.75) is 18.9 Å². The number of rotatable bonds is 6. The second-order valence-electron chi connectivity index (χ2n) is 4.17. The Morgan fingerprint density at radius 2 is 2.33 bits per heavy atom. The number of nitrogens with one attached hydrogen (secondary N) is 1. The van der Waals surface area contributed by atoms with E-state index in [0.717, 1.165) is 19.4 Å². The Balaban J connectivity index is 2.43. The van der Waals surface area contributed by atoms with Gasteiger partial charge in [0.25, 0.3) is 0 Å². The quantitative estimate of drug-likeness (QED) is 0.696. The van der Waals surface area contributed by atoms with E-state index in [0.29, 0.717) is 13.2 Å². The number of nitrogens with zero attached hydrogens (tertiary/aromatic N) is 1. The van der Waals surface area contributed by atoms with Crippen LogP contribution < -0.4 is 5.32 Å². The summed E-state index contributed by atoms with van der Waals surface area (Å²) in [6.45, 7) is 1.43. The lowest BCUT2D eigenvalue weighted by atomic mass is 10.1. The topological polar surface area (TPSA) is 88.1 Å². The number of carboxylic acid groups (broad SMARTS) is 1. The minimum absolute atomic E-state index is 0.0370. The Kier molecular flexibility index (Phi) is 6.45. The monoisotopic (exact) mass is 260 g/mol. The van der Waals surface area contributed by atoms with Gasteiger partial charge in [-0.25, -0.2) is 4.79 Å². The van der Waals surface area contributed by atoms with Crippen LogP contribution in [0, 0.1) is 0 Å². The summed E-state index contributed by atoms with van der Waals surface area (Å²) < 4.78 is 10.1. The van der Waals surface area contributed by atoms with Crippen molar-refractivity contribution in [1.82, 2.24) is 10.2 Å². The van der Waals surface area contributed by atoms with E-state index in [4.69, 9.17) is 14.6 Å². The molecule has 104 valence electrons. The SMILES string of the molecule is COCCN(CC(=O)O)C(=O)NC1CCCOC1. The fraction of sp³-hybridized carbons (Fsp3) is 0.818. The van der Waals surface area contributed by atoms with Crippen molar-refractivity contribution in [2.24, 2.45) is 0 Å². The zero-order valence-corrected chi connectivity index (χ0v) is 10.6. The van der Waals surface area contributed by atoms with E-state index in [9.17, 15) is 9.59 Å². The van der Waals surface area contributed by atoms with Gasteiger partial charge in [-0.2, -0.15) is 0 Å². The molecule has 1 aliphatic heterocycles. The highest BCUT2D eigenvalue weighted by molar-refractivity contribution is 5.80. The number of carboxylic acids is 1.